The van der Waals surface area contributed by atoms with E-state index in [4.69, 9.17) is 15.7 Å². The van der Waals surface area contributed by atoms with Gasteiger partial charge in [-0.2, -0.15) is 0 Å². The number of hydrogen-bond donors (Lipinski definition) is 0. The summed E-state index contributed by atoms with van der Waals surface area (Å²) in [6, 6.07) is 3.84. The number of hydrogen-bond acceptors (Lipinski definition) is 2. The highest BCUT2D eigenvalue weighted by atomic mass is 35.5. The number of pyridine rings is 1. The van der Waals surface area contributed by atoms with E-state index in [9.17, 15) is 4.39 Å². The van der Waals surface area contributed by atoms with Gasteiger partial charge >= 0.3 is 0 Å². The van der Waals surface area contributed by atoms with Crippen LogP contribution in [0, 0.1) is 5.82 Å². The van der Waals surface area contributed by atoms with Gasteiger partial charge in [0.05, 0.1) is 21.7 Å². The number of halogens is 2. The molecule has 14 heavy (non-hydrogen) atoms. The van der Waals surface area contributed by atoms with Crippen LogP contribution in [-0.2, 0) is 0 Å². The number of methoxy groups -OCH3 is 1. The summed E-state index contributed by atoms with van der Waals surface area (Å²) >= 11 is 5.89. The van der Waals surface area contributed by atoms with E-state index in [2.05, 4.69) is 9.72 Å². The maximum Gasteiger partial charge on any atom is 0.167 e. The summed E-state index contributed by atoms with van der Waals surface area (Å²) in [5.41, 5.74) is 0.341. The van der Waals surface area contributed by atoms with Crippen molar-refractivity contribution in [3.05, 3.63) is 35.2 Å². The Kier molecular flexibility index (Phi) is 1.51. The van der Waals surface area contributed by atoms with Crippen LogP contribution in [0.1, 0.15) is 4.11 Å². The largest absolute Gasteiger partial charge is 0.494 e. The number of aromatic nitrogens is 1. The van der Waals surface area contributed by atoms with Crippen molar-refractivity contribution in [1.82, 2.24) is 4.98 Å². The van der Waals surface area contributed by atoms with Crippen molar-refractivity contribution in [2.75, 3.05) is 7.04 Å². The molecule has 0 radical (unpaired) electrons. The Morgan fingerprint density at radius 1 is 1.57 bits per heavy atom. The van der Waals surface area contributed by atoms with Gasteiger partial charge in [-0.3, -0.25) is 4.98 Å². The van der Waals surface area contributed by atoms with Gasteiger partial charge in [0.15, 0.2) is 11.6 Å². The third-order valence-electron chi connectivity index (χ3n) is 1.85. The lowest BCUT2D eigenvalue weighted by atomic mass is 10.2. The summed E-state index contributed by atoms with van der Waals surface area (Å²) in [4.78, 5) is 3.92. The molecule has 1 heterocycles. The smallest absolute Gasteiger partial charge is 0.167 e. The second-order valence-corrected chi connectivity index (χ2v) is 3.10. The predicted molar refractivity (Wildman–Crippen MR) is 53.3 cm³/mol. The van der Waals surface area contributed by atoms with Crippen LogP contribution in [0.15, 0.2) is 24.4 Å². The quantitative estimate of drug-likeness (QED) is 0.728. The van der Waals surface area contributed by atoms with E-state index < -0.39 is 12.9 Å². The molecule has 0 aliphatic carbocycles. The Balaban J connectivity index is 2.58. The van der Waals surface area contributed by atoms with E-state index in [1.807, 2.05) is 0 Å². The molecule has 0 aliphatic rings. The molecule has 0 atom stereocenters. The van der Waals surface area contributed by atoms with Gasteiger partial charge in [-0.15, -0.1) is 0 Å². The molecule has 0 amide bonds. The van der Waals surface area contributed by atoms with Crippen LogP contribution < -0.4 is 4.74 Å². The molecule has 0 fully saturated rings. The zero-order valence-electron chi connectivity index (χ0n) is 9.92. The Labute approximate surface area is 89.5 Å². The van der Waals surface area contributed by atoms with E-state index in [0.717, 1.165) is 6.07 Å². The average Bonchev–Trinajstić information content (AvgIpc) is 2.18. The summed E-state index contributed by atoms with van der Waals surface area (Å²) in [7, 11) is -2.71. The van der Waals surface area contributed by atoms with Gasteiger partial charge in [0.2, 0.25) is 0 Å². The lowest BCUT2D eigenvalue weighted by Crippen LogP contribution is -1.89. The molecule has 2 aromatic rings. The summed E-state index contributed by atoms with van der Waals surface area (Å²) < 4.78 is 38.8. The third kappa shape index (κ3) is 1.40. The van der Waals surface area contributed by atoms with Gasteiger partial charge in [-0.25, -0.2) is 4.39 Å². The van der Waals surface area contributed by atoms with Crippen LogP contribution in [0.4, 0.5) is 4.39 Å². The molecule has 0 aliphatic heterocycles. The normalized spacial score (nSPS) is 14.6. The second kappa shape index (κ2) is 3.42. The van der Waals surface area contributed by atoms with Crippen molar-refractivity contribution in [3.63, 3.8) is 0 Å². The standard InChI is InChI=1S/C10H7ClFNO/c1-14-10-4-6-7(11)2-3-13-9(6)5-8(10)12/h2-5H,1H3/i1D3. The fourth-order valence-corrected chi connectivity index (χ4v) is 1.40. The lowest BCUT2D eigenvalue weighted by Gasteiger charge is -2.04. The molecule has 2 rings (SSSR count). The first kappa shape index (κ1) is 6.19. The minimum absolute atomic E-state index is 0.341. The number of nitrogens with zero attached hydrogens (tertiary/aromatic N) is 1. The summed E-state index contributed by atoms with van der Waals surface area (Å²) in [6.07, 6.45) is 1.44. The number of ether oxygens (including phenoxy) is 1. The van der Waals surface area contributed by atoms with Gasteiger partial charge < -0.3 is 4.74 Å². The zero-order chi connectivity index (χ0) is 12.6. The van der Waals surface area contributed by atoms with Crippen molar-refractivity contribution >= 4 is 22.5 Å². The maximum atomic E-state index is 13.5. The summed E-state index contributed by atoms with van der Waals surface area (Å²) in [6.45, 7) is 0. The highest BCUT2D eigenvalue weighted by Crippen LogP contribution is 2.27. The fourth-order valence-electron chi connectivity index (χ4n) is 1.19. The molecule has 0 bridgehead atoms. The molecule has 0 saturated carbocycles. The van der Waals surface area contributed by atoms with E-state index >= 15 is 0 Å². The van der Waals surface area contributed by atoms with E-state index in [-0.39, 0.29) is 5.75 Å². The SMILES string of the molecule is [2H]C([2H])([2H])Oc1cc2c(Cl)ccnc2cc1F. The average molecular weight is 215 g/mol. The predicted octanol–water partition coefficient (Wildman–Crippen LogP) is 3.04. The van der Waals surface area contributed by atoms with E-state index in [1.165, 1.54) is 18.3 Å². The Morgan fingerprint density at radius 3 is 3.21 bits per heavy atom. The van der Waals surface area contributed by atoms with E-state index in [0.29, 0.717) is 15.9 Å². The topological polar surface area (TPSA) is 22.1 Å². The molecular weight excluding hydrogens is 205 g/mol. The first-order valence-corrected chi connectivity index (χ1v) is 4.17. The Morgan fingerprint density at radius 2 is 2.43 bits per heavy atom. The van der Waals surface area contributed by atoms with Crippen LogP contribution in [0.25, 0.3) is 10.9 Å². The summed E-state index contributed by atoms with van der Waals surface area (Å²) in [5.74, 6) is -1.16. The number of benzene rings is 1. The van der Waals surface area contributed by atoms with E-state index in [1.54, 1.807) is 0 Å². The first-order chi connectivity index (χ1) is 7.87. The minimum Gasteiger partial charge on any atom is -0.494 e. The van der Waals surface area contributed by atoms with Crippen LogP contribution in [0.5, 0.6) is 5.75 Å². The van der Waals surface area contributed by atoms with Gasteiger partial charge in [-0.1, -0.05) is 11.6 Å². The molecule has 0 N–H and O–H groups in total. The minimum atomic E-state index is -2.71. The van der Waals surface area contributed by atoms with Crippen molar-refractivity contribution in [3.8, 4) is 5.75 Å². The monoisotopic (exact) mass is 214 g/mol. The van der Waals surface area contributed by atoms with Crippen molar-refractivity contribution < 1.29 is 13.2 Å². The fraction of sp³-hybridized carbons (Fsp3) is 0.100. The van der Waals surface area contributed by atoms with Gasteiger partial charge in [0.1, 0.15) is 0 Å². The molecule has 2 nitrogen and oxygen atoms in total. The van der Waals surface area contributed by atoms with Gasteiger partial charge in [-0.05, 0) is 12.1 Å². The van der Waals surface area contributed by atoms with Crippen LogP contribution >= 0.6 is 11.6 Å². The number of fused-ring (bicyclic) bond motifs is 1. The Hall–Kier alpha value is -1.35. The highest BCUT2D eigenvalue weighted by molar-refractivity contribution is 6.35. The molecule has 1 aromatic heterocycles. The van der Waals surface area contributed by atoms with Crippen molar-refractivity contribution in [2.24, 2.45) is 0 Å². The molecular formula is C10H7ClFNO. The third-order valence-corrected chi connectivity index (χ3v) is 2.18. The highest BCUT2D eigenvalue weighted by Gasteiger charge is 2.07. The Bertz CT molecular complexity index is 573. The van der Waals surface area contributed by atoms with Crippen molar-refractivity contribution in [2.45, 2.75) is 0 Å². The van der Waals surface area contributed by atoms with Crippen LogP contribution in [0.2, 0.25) is 5.02 Å². The lowest BCUT2D eigenvalue weighted by molar-refractivity contribution is 0.387. The molecule has 0 saturated heterocycles. The number of rotatable bonds is 1. The second-order valence-electron chi connectivity index (χ2n) is 2.69. The molecule has 0 spiro atoms. The molecule has 72 valence electrons. The van der Waals surface area contributed by atoms with Crippen LogP contribution in [0.3, 0.4) is 0 Å². The molecule has 0 unspecified atom stereocenters. The maximum absolute atomic E-state index is 13.5. The summed E-state index contributed by atoms with van der Waals surface area (Å²) in [5, 5.41) is 0.792. The van der Waals surface area contributed by atoms with Crippen molar-refractivity contribution in [1.29, 1.82) is 0 Å². The van der Waals surface area contributed by atoms with Gasteiger partial charge in [0, 0.05) is 17.6 Å². The molecule has 4 heteroatoms. The molecule has 1 aromatic carbocycles. The van der Waals surface area contributed by atoms with Crippen LogP contribution in [-0.4, -0.2) is 12.0 Å². The first-order valence-electron chi connectivity index (χ1n) is 5.29. The zero-order valence-corrected chi connectivity index (χ0v) is 7.68. The van der Waals surface area contributed by atoms with Gasteiger partial charge in [0.25, 0.3) is 0 Å².